The van der Waals surface area contributed by atoms with Gasteiger partial charge in [-0.25, -0.2) is 9.37 Å². The fraction of sp³-hybridized carbons (Fsp3) is 0.545. The van der Waals surface area contributed by atoms with Crippen molar-refractivity contribution in [2.45, 2.75) is 84.2 Å². The zero-order chi connectivity index (χ0) is 34.3. The van der Waals surface area contributed by atoms with Gasteiger partial charge in [0, 0.05) is 38.1 Å². The van der Waals surface area contributed by atoms with E-state index in [1.807, 2.05) is 31.7 Å². The van der Waals surface area contributed by atoms with Crippen molar-refractivity contribution >= 4 is 63.4 Å². The van der Waals surface area contributed by atoms with Gasteiger partial charge in [-0.15, -0.1) is 0 Å². The third-order valence-corrected chi connectivity index (χ3v) is 9.81. The van der Waals surface area contributed by atoms with Crippen LogP contribution in [0.5, 0.6) is 0 Å². The summed E-state index contributed by atoms with van der Waals surface area (Å²) in [7, 11) is 1.79. The number of nitrogens with one attached hydrogen (secondary N) is 3. The average molecular weight is 700 g/mol. The number of carbonyl (C=O) groups is 2. The summed E-state index contributed by atoms with van der Waals surface area (Å²) in [6.45, 7) is 6.47. The number of rotatable bonds is 7. The fourth-order valence-corrected chi connectivity index (χ4v) is 6.63. The predicted molar refractivity (Wildman–Crippen MR) is 177 cm³/mol. The second-order valence-corrected chi connectivity index (χ2v) is 14.3. The molecule has 256 valence electrons. The van der Waals surface area contributed by atoms with Gasteiger partial charge in [0.2, 0.25) is 11.9 Å². The number of piperidine rings is 1. The molecule has 14 heteroatoms. The van der Waals surface area contributed by atoms with Crippen LogP contribution in [0.4, 0.5) is 34.9 Å². The number of amides is 2. The number of halogens is 6. The molecule has 1 aromatic heterocycles. The number of anilines is 3. The Hall–Kier alpha value is -3.25. The zero-order valence-corrected chi connectivity index (χ0v) is 28.3. The maximum Gasteiger partial charge on any atom is 0.391 e. The molecule has 1 aliphatic heterocycles. The first-order valence-corrected chi connectivity index (χ1v) is 16.6. The number of imidazole rings is 1. The normalized spacial score (nSPS) is 19.6. The first-order chi connectivity index (χ1) is 22.0. The van der Waals surface area contributed by atoms with Gasteiger partial charge in [-0.05, 0) is 62.3 Å². The number of benzene rings is 2. The molecule has 2 amide bonds. The minimum absolute atomic E-state index is 0.0328. The molecule has 1 aliphatic carbocycles. The number of aryl methyl sites for hydroxylation is 1. The average Bonchev–Trinajstić information content (AvgIpc) is 3.31. The van der Waals surface area contributed by atoms with E-state index < -0.39 is 29.6 Å². The van der Waals surface area contributed by atoms with Crippen LogP contribution in [0.1, 0.15) is 75.2 Å². The minimum atomic E-state index is -4.24. The summed E-state index contributed by atoms with van der Waals surface area (Å²) >= 11 is 13.3. The largest absolute Gasteiger partial charge is 0.391 e. The summed E-state index contributed by atoms with van der Waals surface area (Å²) in [5.41, 5.74) is 2.58. The van der Waals surface area contributed by atoms with Crippen molar-refractivity contribution in [1.82, 2.24) is 20.2 Å². The molecule has 3 aromatic rings. The third kappa shape index (κ3) is 7.91. The first kappa shape index (κ1) is 35.1. The molecule has 47 heavy (non-hydrogen) atoms. The molecule has 2 aliphatic rings. The molecule has 2 fully saturated rings. The lowest BCUT2D eigenvalue weighted by atomic mass is 9.85. The molecule has 2 aromatic carbocycles. The summed E-state index contributed by atoms with van der Waals surface area (Å²) in [6, 6.07) is 6.53. The van der Waals surface area contributed by atoms with E-state index >= 15 is 0 Å². The molecule has 3 N–H and O–H groups in total. The maximum absolute atomic E-state index is 14.1. The summed E-state index contributed by atoms with van der Waals surface area (Å²) < 4.78 is 55.5. The summed E-state index contributed by atoms with van der Waals surface area (Å²) in [4.78, 5) is 32.8. The van der Waals surface area contributed by atoms with Crippen LogP contribution in [-0.2, 0) is 18.4 Å². The Kier molecular flexibility index (Phi) is 10.2. The number of hydrogen-bond donors (Lipinski definition) is 3. The highest BCUT2D eigenvalue weighted by Gasteiger charge is 2.41. The van der Waals surface area contributed by atoms with Crippen LogP contribution in [0, 0.1) is 11.3 Å². The molecular formula is C33H40Cl2F4N6O2. The van der Waals surface area contributed by atoms with Gasteiger partial charge in [0.05, 0.1) is 43.9 Å². The number of aromatic nitrogens is 2. The molecule has 5 rings (SSSR count). The van der Waals surface area contributed by atoms with Crippen LogP contribution >= 0.6 is 23.2 Å². The van der Waals surface area contributed by atoms with Crippen LogP contribution in [0.25, 0.3) is 11.0 Å². The minimum Gasteiger partial charge on any atom is -0.371 e. The van der Waals surface area contributed by atoms with Gasteiger partial charge >= 0.3 is 6.18 Å². The van der Waals surface area contributed by atoms with Crippen LogP contribution in [-0.4, -0.2) is 52.8 Å². The van der Waals surface area contributed by atoms with Crippen molar-refractivity contribution in [3.8, 4) is 0 Å². The molecule has 1 saturated carbocycles. The third-order valence-electron chi connectivity index (χ3n) is 9.06. The van der Waals surface area contributed by atoms with Crippen molar-refractivity contribution in [2.75, 3.05) is 23.3 Å². The Morgan fingerprint density at radius 2 is 1.66 bits per heavy atom. The molecule has 0 bridgehead atoms. The van der Waals surface area contributed by atoms with Crippen molar-refractivity contribution < 1.29 is 27.2 Å². The highest BCUT2D eigenvalue weighted by molar-refractivity contribution is 6.39. The number of nitrogens with zero attached hydrogens (tertiary/aromatic N) is 3. The van der Waals surface area contributed by atoms with E-state index in [9.17, 15) is 27.2 Å². The highest BCUT2D eigenvalue weighted by atomic mass is 35.5. The van der Waals surface area contributed by atoms with E-state index in [1.165, 1.54) is 0 Å². The zero-order valence-electron chi connectivity index (χ0n) is 26.8. The van der Waals surface area contributed by atoms with E-state index in [0.717, 1.165) is 0 Å². The van der Waals surface area contributed by atoms with Crippen molar-refractivity contribution in [1.29, 1.82) is 0 Å². The Morgan fingerprint density at radius 3 is 2.28 bits per heavy atom. The van der Waals surface area contributed by atoms with Gasteiger partial charge < -0.3 is 25.4 Å². The van der Waals surface area contributed by atoms with Gasteiger partial charge in [-0.1, -0.05) is 50.0 Å². The predicted octanol–water partition coefficient (Wildman–Crippen LogP) is 8.08. The Bertz CT molecular complexity index is 1640. The Balaban J connectivity index is 1.44. The quantitative estimate of drug-likeness (QED) is 0.217. The molecule has 8 nitrogen and oxygen atoms in total. The van der Waals surface area contributed by atoms with Crippen LogP contribution in [0.3, 0.4) is 0 Å². The standard InChI is InChI=1S/C33H40Cl2F4N6O2/c1-32(2,3)30(47)40-17-18-5-10-23(34)28(27(18)35)43-31-42-24-15-22(29(46)41-21-8-6-19(7-9-21)33(37,38)39)25(16-26(24)44(31)4)45-13-11-20(36)12-14-45/h5,10,15-16,19-21H,6-9,11-14,17H2,1-4H3,(H,40,47)(H,41,46)(H,42,43)/t19-,21-. The first-order valence-electron chi connectivity index (χ1n) is 15.8. The Labute approximate surface area is 281 Å². The smallest absolute Gasteiger partial charge is 0.371 e. The van der Waals surface area contributed by atoms with E-state index in [1.54, 1.807) is 29.8 Å². The summed E-state index contributed by atoms with van der Waals surface area (Å²) in [5, 5.41) is 9.70. The molecule has 0 radical (unpaired) electrons. The van der Waals surface area contributed by atoms with Crippen molar-refractivity contribution in [3.05, 3.63) is 45.4 Å². The molecule has 0 unspecified atom stereocenters. The summed E-state index contributed by atoms with van der Waals surface area (Å²) in [5.74, 6) is -1.50. The number of fused-ring (bicyclic) bond motifs is 1. The SMILES string of the molecule is Cn1c(Nc2c(Cl)ccc(CNC(=O)C(C)(C)C)c2Cl)nc2cc(C(=O)N[C@H]3CC[C@H](C(F)(F)F)CC3)c(N3CCC(F)CC3)cc21. The summed E-state index contributed by atoms with van der Waals surface area (Å²) in [6.07, 6.45) is -4.11. The van der Waals surface area contributed by atoms with E-state index in [2.05, 4.69) is 16.0 Å². The van der Waals surface area contributed by atoms with Crippen LogP contribution in [0.15, 0.2) is 24.3 Å². The lowest BCUT2D eigenvalue weighted by molar-refractivity contribution is -0.182. The number of carbonyl (C=O) groups excluding carboxylic acids is 2. The Morgan fingerprint density at radius 1 is 1.00 bits per heavy atom. The molecular weight excluding hydrogens is 659 g/mol. The fourth-order valence-electron chi connectivity index (χ4n) is 6.10. The second kappa shape index (κ2) is 13.7. The van der Waals surface area contributed by atoms with Gasteiger partial charge in [-0.3, -0.25) is 9.59 Å². The van der Waals surface area contributed by atoms with Gasteiger partial charge in [0.15, 0.2) is 0 Å². The van der Waals surface area contributed by atoms with Gasteiger partial charge in [0.1, 0.15) is 6.17 Å². The number of hydrogen-bond acceptors (Lipinski definition) is 5. The van der Waals surface area contributed by atoms with Crippen LogP contribution in [0.2, 0.25) is 10.0 Å². The number of alkyl halides is 4. The van der Waals surface area contributed by atoms with E-state index in [0.29, 0.717) is 75.5 Å². The lowest BCUT2D eigenvalue weighted by Gasteiger charge is -2.33. The van der Waals surface area contributed by atoms with E-state index in [-0.39, 0.29) is 44.2 Å². The van der Waals surface area contributed by atoms with Gasteiger partial charge in [-0.2, -0.15) is 13.2 Å². The van der Waals surface area contributed by atoms with Crippen LogP contribution < -0.4 is 20.9 Å². The lowest BCUT2D eigenvalue weighted by Crippen LogP contribution is -2.41. The van der Waals surface area contributed by atoms with E-state index in [4.69, 9.17) is 28.2 Å². The molecule has 2 heterocycles. The maximum atomic E-state index is 14.1. The van der Waals surface area contributed by atoms with Gasteiger partial charge in [0.25, 0.3) is 5.91 Å². The molecule has 0 spiro atoms. The highest BCUT2D eigenvalue weighted by Crippen LogP contribution is 2.39. The molecule has 1 saturated heterocycles. The second-order valence-electron chi connectivity index (χ2n) is 13.5. The molecule has 0 atom stereocenters. The topological polar surface area (TPSA) is 91.3 Å². The van der Waals surface area contributed by atoms with Crippen molar-refractivity contribution in [2.24, 2.45) is 18.4 Å². The van der Waals surface area contributed by atoms with Crippen molar-refractivity contribution in [3.63, 3.8) is 0 Å². The monoisotopic (exact) mass is 698 g/mol.